The Hall–Kier alpha value is -0.800. The molecule has 0 amide bonds. The van der Waals surface area contributed by atoms with Gasteiger partial charge in [0.2, 0.25) is 0 Å². The average Bonchev–Trinajstić information content (AvgIpc) is 2.73. The summed E-state index contributed by atoms with van der Waals surface area (Å²) < 4.78 is 7.91. The zero-order chi connectivity index (χ0) is 13.0. The molecule has 3 nitrogen and oxygen atoms in total. The van der Waals surface area contributed by atoms with Crippen molar-refractivity contribution in [1.82, 2.24) is 9.88 Å². The largest absolute Gasteiger partial charge is 0.377 e. The monoisotopic (exact) mass is 250 g/mol. The average molecular weight is 250 g/mol. The first-order valence-corrected chi connectivity index (χ1v) is 7.24. The van der Waals surface area contributed by atoms with Gasteiger partial charge in [-0.05, 0) is 50.8 Å². The molecule has 0 saturated heterocycles. The summed E-state index contributed by atoms with van der Waals surface area (Å²) in [5.41, 5.74) is 3.03. The highest BCUT2D eigenvalue weighted by atomic mass is 16.5. The first kappa shape index (κ1) is 13.6. The van der Waals surface area contributed by atoms with Gasteiger partial charge < -0.3 is 14.6 Å². The minimum atomic E-state index is 0.324. The molecule has 1 unspecified atom stereocenters. The van der Waals surface area contributed by atoms with Crippen molar-refractivity contribution in [2.45, 2.75) is 58.7 Å². The van der Waals surface area contributed by atoms with Gasteiger partial charge in [-0.15, -0.1) is 0 Å². The minimum absolute atomic E-state index is 0.324. The van der Waals surface area contributed by atoms with Crippen molar-refractivity contribution in [3.8, 4) is 0 Å². The van der Waals surface area contributed by atoms with Gasteiger partial charge in [0, 0.05) is 25.0 Å². The lowest BCUT2D eigenvalue weighted by Gasteiger charge is -2.22. The van der Waals surface area contributed by atoms with Gasteiger partial charge in [-0.1, -0.05) is 6.92 Å². The molecule has 102 valence electrons. The van der Waals surface area contributed by atoms with Crippen molar-refractivity contribution in [1.29, 1.82) is 0 Å². The molecule has 0 aromatic carbocycles. The number of hydrogen-bond donors (Lipinski definition) is 1. The van der Waals surface area contributed by atoms with Crippen molar-refractivity contribution >= 4 is 0 Å². The number of nitrogens with zero attached hydrogens (tertiary/aromatic N) is 1. The number of aromatic nitrogens is 1. The molecule has 1 aliphatic rings. The third kappa shape index (κ3) is 3.36. The highest BCUT2D eigenvalue weighted by Crippen LogP contribution is 2.30. The van der Waals surface area contributed by atoms with Crippen LogP contribution in [0, 0.1) is 0 Å². The Balaban J connectivity index is 1.98. The predicted octanol–water partition coefficient (Wildman–Crippen LogP) is 2.90. The maximum absolute atomic E-state index is 5.62. The standard InChI is InChI=1S/C15H26N2O/c1-4-16-15-7-5-6-13-10-17(11-14(13)15)8-9-18-12(2)3/h10-12,15-16H,4-9H2,1-3H3. The normalized spacial score (nSPS) is 19.2. The molecule has 2 rings (SSSR count). The van der Waals surface area contributed by atoms with E-state index in [0.29, 0.717) is 12.1 Å². The van der Waals surface area contributed by atoms with Gasteiger partial charge >= 0.3 is 0 Å². The molecule has 0 saturated carbocycles. The summed E-state index contributed by atoms with van der Waals surface area (Å²) >= 11 is 0. The van der Waals surface area contributed by atoms with E-state index in [0.717, 1.165) is 19.7 Å². The first-order chi connectivity index (χ1) is 8.70. The van der Waals surface area contributed by atoms with Crippen molar-refractivity contribution in [2.75, 3.05) is 13.2 Å². The molecule has 18 heavy (non-hydrogen) atoms. The zero-order valence-electron chi connectivity index (χ0n) is 11.9. The second-order valence-electron chi connectivity index (χ2n) is 5.40. The van der Waals surface area contributed by atoms with Crippen LogP contribution in [0.15, 0.2) is 12.4 Å². The lowest BCUT2D eigenvalue weighted by atomic mass is 9.91. The fourth-order valence-corrected chi connectivity index (χ4v) is 2.73. The van der Waals surface area contributed by atoms with Crippen LogP contribution in [0.1, 0.15) is 50.8 Å². The van der Waals surface area contributed by atoms with E-state index in [1.54, 1.807) is 0 Å². The molecular formula is C15H26N2O. The number of fused-ring (bicyclic) bond motifs is 1. The van der Waals surface area contributed by atoms with E-state index in [9.17, 15) is 0 Å². The lowest BCUT2D eigenvalue weighted by molar-refractivity contribution is 0.0728. The van der Waals surface area contributed by atoms with Gasteiger partial charge in [0.15, 0.2) is 0 Å². The van der Waals surface area contributed by atoms with Crippen LogP contribution in [-0.4, -0.2) is 23.8 Å². The molecule has 0 aliphatic heterocycles. The van der Waals surface area contributed by atoms with Gasteiger partial charge in [0.25, 0.3) is 0 Å². The van der Waals surface area contributed by atoms with E-state index < -0.39 is 0 Å². The van der Waals surface area contributed by atoms with Crippen LogP contribution in [0.3, 0.4) is 0 Å². The number of nitrogens with one attached hydrogen (secondary N) is 1. The molecule has 0 fully saturated rings. The maximum Gasteiger partial charge on any atom is 0.0648 e. The second-order valence-corrected chi connectivity index (χ2v) is 5.40. The van der Waals surface area contributed by atoms with E-state index in [-0.39, 0.29) is 0 Å². The molecule has 1 atom stereocenters. The van der Waals surface area contributed by atoms with E-state index >= 15 is 0 Å². The van der Waals surface area contributed by atoms with E-state index in [1.807, 2.05) is 0 Å². The van der Waals surface area contributed by atoms with Crippen LogP contribution < -0.4 is 5.32 Å². The Labute approximate surface area is 111 Å². The van der Waals surface area contributed by atoms with Gasteiger partial charge in [-0.25, -0.2) is 0 Å². The maximum atomic E-state index is 5.62. The number of aryl methyl sites for hydroxylation is 1. The first-order valence-electron chi connectivity index (χ1n) is 7.24. The van der Waals surface area contributed by atoms with Crippen LogP contribution in [0.5, 0.6) is 0 Å². The molecule has 0 radical (unpaired) electrons. The molecule has 0 bridgehead atoms. The summed E-state index contributed by atoms with van der Waals surface area (Å²) in [6.07, 6.45) is 8.75. The van der Waals surface area contributed by atoms with Gasteiger partial charge in [0.05, 0.1) is 12.7 Å². The van der Waals surface area contributed by atoms with Crippen LogP contribution in [0.4, 0.5) is 0 Å². The Bertz CT molecular complexity index is 371. The minimum Gasteiger partial charge on any atom is -0.377 e. The summed E-state index contributed by atoms with van der Waals surface area (Å²) in [5.74, 6) is 0. The van der Waals surface area contributed by atoms with Crippen LogP contribution in [-0.2, 0) is 17.7 Å². The Kier molecular flexibility index (Phi) is 4.84. The fraction of sp³-hybridized carbons (Fsp3) is 0.733. The molecule has 1 N–H and O–H groups in total. The Morgan fingerprint density at radius 2 is 2.28 bits per heavy atom. The molecule has 1 aromatic heterocycles. The molecular weight excluding hydrogens is 224 g/mol. The number of rotatable bonds is 6. The van der Waals surface area contributed by atoms with E-state index in [2.05, 4.69) is 43.0 Å². The van der Waals surface area contributed by atoms with Crippen molar-refractivity contribution in [2.24, 2.45) is 0 Å². The van der Waals surface area contributed by atoms with E-state index in [4.69, 9.17) is 4.74 Å². The quantitative estimate of drug-likeness (QED) is 0.840. The smallest absolute Gasteiger partial charge is 0.0648 e. The SMILES string of the molecule is CCNC1CCCc2cn(CCOC(C)C)cc21. The van der Waals surface area contributed by atoms with Crippen molar-refractivity contribution in [3.05, 3.63) is 23.5 Å². The fourth-order valence-electron chi connectivity index (χ4n) is 2.73. The lowest BCUT2D eigenvalue weighted by Crippen LogP contribution is -2.23. The van der Waals surface area contributed by atoms with E-state index in [1.165, 1.54) is 30.4 Å². The Morgan fingerprint density at radius 3 is 3.00 bits per heavy atom. The molecule has 1 aliphatic carbocycles. The third-order valence-electron chi connectivity index (χ3n) is 3.56. The summed E-state index contributed by atoms with van der Waals surface area (Å²) in [4.78, 5) is 0. The topological polar surface area (TPSA) is 26.2 Å². The molecule has 1 heterocycles. The molecule has 0 spiro atoms. The zero-order valence-corrected chi connectivity index (χ0v) is 11.9. The molecule has 1 aromatic rings. The summed E-state index contributed by atoms with van der Waals surface area (Å²) in [7, 11) is 0. The summed E-state index contributed by atoms with van der Waals surface area (Å²) in [6.45, 7) is 9.17. The van der Waals surface area contributed by atoms with Crippen molar-refractivity contribution < 1.29 is 4.74 Å². The number of ether oxygens (including phenoxy) is 1. The van der Waals surface area contributed by atoms with Crippen LogP contribution >= 0.6 is 0 Å². The highest BCUT2D eigenvalue weighted by Gasteiger charge is 2.20. The number of hydrogen-bond acceptors (Lipinski definition) is 2. The third-order valence-corrected chi connectivity index (χ3v) is 3.56. The van der Waals surface area contributed by atoms with Gasteiger partial charge in [-0.3, -0.25) is 0 Å². The van der Waals surface area contributed by atoms with Gasteiger partial charge in [0.1, 0.15) is 0 Å². The second kappa shape index (κ2) is 6.39. The van der Waals surface area contributed by atoms with Crippen LogP contribution in [0.25, 0.3) is 0 Å². The predicted molar refractivity (Wildman–Crippen MR) is 74.9 cm³/mol. The van der Waals surface area contributed by atoms with Crippen LogP contribution in [0.2, 0.25) is 0 Å². The van der Waals surface area contributed by atoms with Gasteiger partial charge in [-0.2, -0.15) is 0 Å². The van der Waals surface area contributed by atoms with Crippen molar-refractivity contribution in [3.63, 3.8) is 0 Å². The highest BCUT2D eigenvalue weighted by molar-refractivity contribution is 5.30. The Morgan fingerprint density at radius 1 is 1.44 bits per heavy atom. The molecule has 3 heteroatoms. The summed E-state index contributed by atoms with van der Waals surface area (Å²) in [6, 6.07) is 0.561. The summed E-state index contributed by atoms with van der Waals surface area (Å²) in [5, 5.41) is 3.58.